The van der Waals surface area contributed by atoms with Crippen LogP contribution >= 0.6 is 0 Å². The van der Waals surface area contributed by atoms with Crippen LogP contribution in [0.1, 0.15) is 6.42 Å². The van der Waals surface area contributed by atoms with Gasteiger partial charge in [-0.25, -0.2) is 13.6 Å². The number of carbonyl (C=O) groups is 1. The lowest BCUT2D eigenvalue weighted by molar-refractivity contribution is -0.128. The molecule has 8 heteroatoms. The van der Waals surface area contributed by atoms with Crippen LogP contribution in [0.3, 0.4) is 0 Å². The zero-order chi connectivity index (χ0) is 12.9. The first kappa shape index (κ1) is 14.4. The number of aliphatic hydroxyl groups excluding tert-OH is 1. The highest BCUT2D eigenvalue weighted by Gasteiger charge is 2.31. The average Bonchev–Trinajstić information content (AvgIpc) is 2.51. The zero-order valence-corrected chi connectivity index (χ0v) is 10.4. The van der Waals surface area contributed by atoms with Crippen molar-refractivity contribution in [2.24, 2.45) is 11.1 Å². The van der Waals surface area contributed by atoms with E-state index >= 15 is 0 Å². The molecule has 1 atom stereocenters. The molecule has 3 N–H and O–H groups in total. The van der Waals surface area contributed by atoms with Gasteiger partial charge >= 0.3 is 0 Å². The molecule has 0 aromatic carbocycles. The maximum absolute atomic E-state index is 11.5. The largest absolute Gasteiger partial charge is 0.394 e. The molecule has 0 saturated carbocycles. The number of carbonyl (C=O) groups excluding carboxylic acids is 1. The van der Waals surface area contributed by atoms with Gasteiger partial charge in [0.05, 0.1) is 25.6 Å². The summed E-state index contributed by atoms with van der Waals surface area (Å²) in [5.41, 5.74) is 0. The van der Waals surface area contributed by atoms with Crippen LogP contribution in [-0.4, -0.2) is 63.0 Å². The number of hydrogen-bond acceptors (Lipinski definition) is 5. The van der Waals surface area contributed by atoms with E-state index < -0.39 is 10.0 Å². The molecule has 1 unspecified atom stereocenters. The Balaban J connectivity index is 2.32. The van der Waals surface area contributed by atoms with Crippen molar-refractivity contribution in [1.29, 1.82) is 0 Å². The fourth-order valence-electron chi connectivity index (χ4n) is 1.85. The Bertz CT molecular complexity index is 356. The number of aliphatic hydroxyl groups is 1. The van der Waals surface area contributed by atoms with E-state index in [1.165, 1.54) is 0 Å². The third kappa shape index (κ3) is 5.44. The summed E-state index contributed by atoms with van der Waals surface area (Å²) < 4.78 is 26.8. The molecule has 100 valence electrons. The van der Waals surface area contributed by atoms with Gasteiger partial charge in [-0.2, -0.15) is 0 Å². The summed E-state index contributed by atoms with van der Waals surface area (Å²) in [7, 11) is -3.53. The molecule has 0 aromatic rings. The number of nitrogens with zero attached hydrogens (tertiary/aromatic N) is 1. The second-order valence-corrected chi connectivity index (χ2v) is 5.73. The number of amides is 1. The number of primary sulfonamides is 1. The Labute approximate surface area is 101 Å². The second kappa shape index (κ2) is 6.29. The SMILES string of the molecule is NS(=O)(=O)CC1CC(=O)N(CCOCCO)C1. The maximum Gasteiger partial charge on any atom is 0.223 e. The van der Waals surface area contributed by atoms with Gasteiger partial charge in [0.25, 0.3) is 0 Å². The predicted octanol–water partition coefficient (Wildman–Crippen LogP) is -1.87. The van der Waals surface area contributed by atoms with Gasteiger partial charge in [-0.15, -0.1) is 0 Å². The normalized spacial score (nSPS) is 21.2. The third-order valence-electron chi connectivity index (χ3n) is 2.50. The Morgan fingerprint density at radius 1 is 1.47 bits per heavy atom. The monoisotopic (exact) mass is 266 g/mol. The van der Waals surface area contributed by atoms with Crippen LogP contribution in [0.5, 0.6) is 0 Å². The number of rotatable bonds is 7. The minimum Gasteiger partial charge on any atom is -0.394 e. The maximum atomic E-state index is 11.5. The molecule has 0 spiro atoms. The van der Waals surface area contributed by atoms with E-state index in [0.29, 0.717) is 19.7 Å². The third-order valence-corrected chi connectivity index (χ3v) is 3.44. The summed E-state index contributed by atoms with van der Waals surface area (Å²) in [6.45, 7) is 1.34. The smallest absolute Gasteiger partial charge is 0.223 e. The van der Waals surface area contributed by atoms with Gasteiger partial charge in [-0.05, 0) is 0 Å². The Kier molecular flexibility index (Phi) is 5.31. The number of ether oxygens (including phenoxy) is 1. The fraction of sp³-hybridized carbons (Fsp3) is 0.889. The van der Waals surface area contributed by atoms with Crippen molar-refractivity contribution in [1.82, 2.24) is 4.90 Å². The second-order valence-electron chi connectivity index (χ2n) is 4.08. The molecule has 17 heavy (non-hydrogen) atoms. The predicted molar refractivity (Wildman–Crippen MR) is 60.6 cm³/mol. The van der Waals surface area contributed by atoms with Gasteiger partial charge in [-0.1, -0.05) is 0 Å². The standard InChI is InChI=1S/C9H18N2O5S/c10-17(14,15)7-8-5-9(13)11(6-8)1-3-16-4-2-12/h8,12H,1-7H2,(H2,10,14,15). The van der Waals surface area contributed by atoms with Gasteiger partial charge in [0.15, 0.2) is 0 Å². The van der Waals surface area contributed by atoms with Crippen LogP contribution in [0.4, 0.5) is 0 Å². The van der Waals surface area contributed by atoms with Gasteiger partial charge in [0, 0.05) is 25.4 Å². The summed E-state index contributed by atoms with van der Waals surface area (Å²) in [6.07, 6.45) is 0.219. The molecule has 1 saturated heterocycles. The van der Waals surface area contributed by atoms with E-state index in [1.54, 1.807) is 4.90 Å². The van der Waals surface area contributed by atoms with Crippen LogP contribution in [0.15, 0.2) is 0 Å². The van der Waals surface area contributed by atoms with E-state index in [9.17, 15) is 13.2 Å². The van der Waals surface area contributed by atoms with E-state index in [-0.39, 0.29) is 37.2 Å². The lowest BCUT2D eigenvalue weighted by Crippen LogP contribution is -2.30. The molecule has 1 aliphatic rings. The van der Waals surface area contributed by atoms with Crippen LogP contribution in [0, 0.1) is 5.92 Å². The molecule has 1 rings (SSSR count). The number of likely N-dealkylation sites (tertiary alicyclic amines) is 1. The van der Waals surface area contributed by atoms with Crippen LogP contribution < -0.4 is 5.14 Å². The highest BCUT2D eigenvalue weighted by Crippen LogP contribution is 2.18. The van der Waals surface area contributed by atoms with Crippen molar-refractivity contribution in [3.8, 4) is 0 Å². The Morgan fingerprint density at radius 2 is 2.18 bits per heavy atom. The lowest BCUT2D eigenvalue weighted by Gasteiger charge is -2.16. The summed E-state index contributed by atoms with van der Waals surface area (Å²) in [5, 5.41) is 13.4. The summed E-state index contributed by atoms with van der Waals surface area (Å²) in [4.78, 5) is 13.1. The number of hydrogen-bond donors (Lipinski definition) is 2. The first-order chi connectivity index (χ1) is 7.92. The molecule has 7 nitrogen and oxygen atoms in total. The average molecular weight is 266 g/mol. The summed E-state index contributed by atoms with van der Waals surface area (Å²) in [5.74, 6) is -0.464. The van der Waals surface area contributed by atoms with Crippen molar-refractivity contribution in [2.45, 2.75) is 6.42 Å². The number of nitrogens with two attached hydrogens (primary N) is 1. The van der Waals surface area contributed by atoms with E-state index in [2.05, 4.69) is 0 Å². The molecule has 0 bridgehead atoms. The first-order valence-electron chi connectivity index (χ1n) is 5.39. The minimum absolute atomic E-state index is 0.0536. The van der Waals surface area contributed by atoms with Crippen molar-refractivity contribution in [3.63, 3.8) is 0 Å². The molecule has 1 aliphatic heterocycles. The molecular formula is C9H18N2O5S. The molecular weight excluding hydrogens is 248 g/mol. The molecule has 0 aromatic heterocycles. The van der Waals surface area contributed by atoms with Gasteiger partial charge in [-0.3, -0.25) is 4.79 Å². The lowest BCUT2D eigenvalue weighted by atomic mass is 10.1. The minimum atomic E-state index is -3.53. The van der Waals surface area contributed by atoms with Crippen LogP contribution in [-0.2, 0) is 19.6 Å². The molecule has 1 amide bonds. The van der Waals surface area contributed by atoms with E-state index in [0.717, 1.165) is 0 Å². The molecule has 0 aliphatic carbocycles. The summed E-state index contributed by atoms with van der Waals surface area (Å²) in [6, 6.07) is 0. The van der Waals surface area contributed by atoms with Crippen molar-refractivity contribution in [3.05, 3.63) is 0 Å². The molecule has 1 fully saturated rings. The number of sulfonamides is 1. The van der Waals surface area contributed by atoms with Crippen molar-refractivity contribution < 1.29 is 23.1 Å². The topological polar surface area (TPSA) is 110 Å². The fourth-order valence-corrected chi connectivity index (χ4v) is 2.73. The van der Waals surface area contributed by atoms with Crippen molar-refractivity contribution in [2.75, 3.05) is 38.7 Å². The Hall–Kier alpha value is -0.700. The van der Waals surface area contributed by atoms with E-state index in [4.69, 9.17) is 15.0 Å². The first-order valence-corrected chi connectivity index (χ1v) is 7.11. The highest BCUT2D eigenvalue weighted by molar-refractivity contribution is 7.89. The molecule has 1 heterocycles. The van der Waals surface area contributed by atoms with Gasteiger partial charge in [0.1, 0.15) is 0 Å². The van der Waals surface area contributed by atoms with Crippen LogP contribution in [0.25, 0.3) is 0 Å². The van der Waals surface area contributed by atoms with Gasteiger partial charge < -0.3 is 14.7 Å². The van der Waals surface area contributed by atoms with Crippen molar-refractivity contribution >= 4 is 15.9 Å². The van der Waals surface area contributed by atoms with Gasteiger partial charge in [0.2, 0.25) is 15.9 Å². The van der Waals surface area contributed by atoms with Crippen LogP contribution in [0.2, 0.25) is 0 Å². The zero-order valence-electron chi connectivity index (χ0n) is 9.54. The quantitative estimate of drug-likeness (QED) is 0.525. The molecule has 0 radical (unpaired) electrons. The summed E-state index contributed by atoms with van der Waals surface area (Å²) >= 11 is 0. The highest BCUT2D eigenvalue weighted by atomic mass is 32.2. The Morgan fingerprint density at radius 3 is 2.76 bits per heavy atom. The van der Waals surface area contributed by atoms with E-state index in [1.807, 2.05) is 0 Å².